The zero-order valence-corrected chi connectivity index (χ0v) is 21.4. The Kier molecular flexibility index (Phi) is 7.27. The fourth-order valence-corrected chi connectivity index (χ4v) is 5.43. The number of thiazole rings is 1. The smallest absolute Gasteiger partial charge is 0.339 e. The number of nitrogens with one attached hydrogen (secondary N) is 1. The lowest BCUT2D eigenvalue weighted by atomic mass is 9.95. The van der Waals surface area contributed by atoms with Crippen molar-refractivity contribution in [2.24, 2.45) is 0 Å². The molecule has 4 aromatic rings. The molecule has 0 fully saturated rings. The van der Waals surface area contributed by atoms with E-state index in [0.29, 0.717) is 28.0 Å². The van der Waals surface area contributed by atoms with Gasteiger partial charge in [-0.2, -0.15) is 0 Å². The Morgan fingerprint density at radius 3 is 2.78 bits per heavy atom. The first-order valence-electron chi connectivity index (χ1n) is 11.8. The number of amides is 1. The van der Waals surface area contributed by atoms with E-state index in [2.05, 4.69) is 22.1 Å². The van der Waals surface area contributed by atoms with Crippen LogP contribution in [0.2, 0.25) is 5.02 Å². The van der Waals surface area contributed by atoms with Gasteiger partial charge in [0.2, 0.25) is 0 Å². The minimum Gasteiger partial charge on any atom is -0.452 e. The fraction of sp³-hybridized carbons (Fsp3) is 0.259. The van der Waals surface area contributed by atoms with Crippen LogP contribution in [0.1, 0.15) is 35.0 Å². The normalized spacial score (nSPS) is 13.4. The molecule has 0 bridgehead atoms. The molecule has 1 amide bonds. The first kappa shape index (κ1) is 24.4. The molecule has 36 heavy (non-hydrogen) atoms. The summed E-state index contributed by atoms with van der Waals surface area (Å²) in [7, 11) is 0. The van der Waals surface area contributed by atoms with Crippen molar-refractivity contribution in [2.45, 2.75) is 26.3 Å². The number of carbonyl (C=O) groups is 2. The molecule has 0 saturated carbocycles. The molecule has 3 heterocycles. The molecule has 2 aromatic carbocycles. The standard InChI is InChI=1S/C27H25ClN4O3S/c1-2-12-32-13-11-22-19(14-32)25(18-8-4-6-10-21(18)29-22)26(34)35-15-24(33)31-27-30-23(16-36-27)17-7-3-5-9-20(17)28/h3-10,16H,2,11-15H2,1H3,(H,30,31,33). The third-order valence-corrected chi connectivity index (χ3v) is 7.19. The number of anilines is 1. The topological polar surface area (TPSA) is 84.4 Å². The molecule has 1 N–H and O–H groups in total. The first-order chi connectivity index (χ1) is 17.5. The maximum absolute atomic E-state index is 13.3. The number of halogens is 1. The molecule has 1 aliphatic rings. The number of benzene rings is 2. The van der Waals surface area contributed by atoms with E-state index in [1.54, 1.807) is 6.07 Å². The largest absolute Gasteiger partial charge is 0.452 e. The number of hydrogen-bond donors (Lipinski definition) is 1. The van der Waals surface area contributed by atoms with Crippen LogP contribution in [0.25, 0.3) is 22.2 Å². The van der Waals surface area contributed by atoms with Crippen LogP contribution in [0.3, 0.4) is 0 Å². The summed E-state index contributed by atoms with van der Waals surface area (Å²) in [5.74, 6) is -0.975. The fourth-order valence-electron chi connectivity index (χ4n) is 4.47. The highest BCUT2D eigenvalue weighted by Crippen LogP contribution is 2.31. The van der Waals surface area contributed by atoms with Crippen molar-refractivity contribution in [1.82, 2.24) is 14.9 Å². The maximum atomic E-state index is 13.3. The quantitative estimate of drug-likeness (QED) is 0.320. The molecule has 2 aromatic heterocycles. The van der Waals surface area contributed by atoms with E-state index in [-0.39, 0.29) is 0 Å². The van der Waals surface area contributed by atoms with Crippen molar-refractivity contribution >= 4 is 50.8 Å². The second-order valence-electron chi connectivity index (χ2n) is 8.60. The molecule has 0 radical (unpaired) electrons. The Labute approximate surface area is 218 Å². The molecule has 0 atom stereocenters. The number of aromatic nitrogens is 2. The van der Waals surface area contributed by atoms with E-state index >= 15 is 0 Å². The minimum absolute atomic E-state index is 0.410. The van der Waals surface area contributed by atoms with Crippen molar-refractivity contribution in [3.63, 3.8) is 0 Å². The van der Waals surface area contributed by atoms with Crippen molar-refractivity contribution in [3.05, 3.63) is 75.8 Å². The van der Waals surface area contributed by atoms with Crippen LogP contribution in [0.15, 0.2) is 53.9 Å². The van der Waals surface area contributed by atoms with Gasteiger partial charge in [0.15, 0.2) is 11.7 Å². The molecule has 184 valence electrons. The van der Waals surface area contributed by atoms with E-state index in [9.17, 15) is 9.59 Å². The predicted octanol–water partition coefficient (Wildman–Crippen LogP) is 5.58. The number of fused-ring (bicyclic) bond motifs is 2. The van der Waals surface area contributed by atoms with Crippen molar-refractivity contribution in [1.29, 1.82) is 0 Å². The van der Waals surface area contributed by atoms with Crippen LogP contribution < -0.4 is 5.32 Å². The molecule has 9 heteroatoms. The first-order valence-corrected chi connectivity index (χ1v) is 13.1. The average molecular weight is 521 g/mol. The summed E-state index contributed by atoms with van der Waals surface area (Å²) in [5, 5.41) is 6.26. The predicted molar refractivity (Wildman–Crippen MR) is 142 cm³/mol. The lowest BCUT2D eigenvalue weighted by Crippen LogP contribution is -2.33. The summed E-state index contributed by atoms with van der Waals surface area (Å²) in [6.07, 6.45) is 1.81. The highest BCUT2D eigenvalue weighted by atomic mass is 35.5. The van der Waals surface area contributed by atoms with Crippen molar-refractivity contribution < 1.29 is 14.3 Å². The number of hydrogen-bond acceptors (Lipinski definition) is 7. The highest BCUT2D eigenvalue weighted by molar-refractivity contribution is 7.14. The number of rotatable bonds is 7. The van der Waals surface area contributed by atoms with Gasteiger partial charge >= 0.3 is 5.97 Å². The SMILES string of the molecule is CCCN1CCc2nc3ccccc3c(C(=O)OCC(=O)Nc3nc(-c4ccccc4Cl)cs3)c2C1. The van der Waals surface area contributed by atoms with Gasteiger partial charge < -0.3 is 4.74 Å². The Balaban J connectivity index is 1.31. The number of ether oxygens (including phenoxy) is 1. The van der Waals surface area contributed by atoms with Crippen LogP contribution in [-0.4, -0.2) is 46.4 Å². The zero-order chi connectivity index (χ0) is 25.1. The lowest BCUT2D eigenvalue weighted by molar-refractivity contribution is -0.119. The number of pyridine rings is 1. The molecular weight excluding hydrogens is 496 g/mol. The zero-order valence-electron chi connectivity index (χ0n) is 19.8. The van der Waals surface area contributed by atoms with Crippen LogP contribution in [-0.2, 0) is 22.5 Å². The molecule has 0 spiro atoms. The van der Waals surface area contributed by atoms with Crippen LogP contribution in [0.4, 0.5) is 5.13 Å². The Morgan fingerprint density at radius 2 is 1.94 bits per heavy atom. The summed E-state index contributed by atoms with van der Waals surface area (Å²) in [6.45, 7) is 4.23. The van der Waals surface area contributed by atoms with Crippen molar-refractivity contribution in [3.8, 4) is 11.3 Å². The third-order valence-electron chi connectivity index (χ3n) is 6.10. The van der Waals surface area contributed by atoms with Crippen LogP contribution >= 0.6 is 22.9 Å². The molecule has 0 unspecified atom stereocenters. The van der Waals surface area contributed by atoms with Gasteiger partial charge in [0, 0.05) is 52.1 Å². The molecule has 0 aliphatic carbocycles. The van der Waals surface area contributed by atoms with E-state index in [0.717, 1.165) is 53.7 Å². The van der Waals surface area contributed by atoms with E-state index in [1.165, 1.54) is 11.3 Å². The van der Waals surface area contributed by atoms with E-state index in [4.69, 9.17) is 21.3 Å². The Hall–Kier alpha value is -3.33. The summed E-state index contributed by atoms with van der Waals surface area (Å²) in [6, 6.07) is 14.9. The number of para-hydroxylation sites is 1. The molecule has 5 rings (SSSR count). The Bertz CT molecular complexity index is 1440. The van der Waals surface area contributed by atoms with Crippen molar-refractivity contribution in [2.75, 3.05) is 25.0 Å². The van der Waals surface area contributed by atoms with Gasteiger partial charge in [-0.15, -0.1) is 11.3 Å². The third kappa shape index (κ3) is 5.11. The minimum atomic E-state index is -0.519. The summed E-state index contributed by atoms with van der Waals surface area (Å²) >= 11 is 7.53. The van der Waals surface area contributed by atoms with Crippen LogP contribution in [0.5, 0.6) is 0 Å². The maximum Gasteiger partial charge on any atom is 0.339 e. The second-order valence-corrected chi connectivity index (χ2v) is 9.86. The van der Waals surface area contributed by atoms with Gasteiger partial charge in [0.25, 0.3) is 5.91 Å². The summed E-state index contributed by atoms with van der Waals surface area (Å²) in [4.78, 5) is 37.5. The highest BCUT2D eigenvalue weighted by Gasteiger charge is 2.26. The monoisotopic (exact) mass is 520 g/mol. The summed E-state index contributed by atoms with van der Waals surface area (Å²) < 4.78 is 5.50. The molecule has 1 aliphatic heterocycles. The van der Waals surface area contributed by atoms with Gasteiger partial charge in [-0.05, 0) is 25.1 Å². The van der Waals surface area contributed by atoms with Gasteiger partial charge in [0.05, 0.1) is 16.8 Å². The van der Waals surface area contributed by atoms with Gasteiger partial charge in [-0.1, -0.05) is 54.9 Å². The lowest BCUT2D eigenvalue weighted by Gasteiger charge is -2.29. The second kappa shape index (κ2) is 10.7. The average Bonchev–Trinajstić information content (AvgIpc) is 3.34. The molecule has 7 nitrogen and oxygen atoms in total. The number of nitrogens with zero attached hydrogens (tertiary/aromatic N) is 3. The number of esters is 1. The van der Waals surface area contributed by atoms with Gasteiger partial charge in [-0.25, -0.2) is 9.78 Å². The molecule has 0 saturated heterocycles. The van der Waals surface area contributed by atoms with Crippen LogP contribution in [0, 0.1) is 0 Å². The van der Waals surface area contributed by atoms with Gasteiger partial charge in [0.1, 0.15) is 0 Å². The van der Waals surface area contributed by atoms with E-state index in [1.807, 2.05) is 47.8 Å². The number of carbonyl (C=O) groups excluding carboxylic acids is 2. The molecular formula is C27H25ClN4O3S. The van der Waals surface area contributed by atoms with E-state index < -0.39 is 18.5 Å². The Morgan fingerprint density at radius 1 is 1.14 bits per heavy atom. The van der Waals surface area contributed by atoms with Gasteiger partial charge in [-0.3, -0.25) is 20.0 Å². The summed E-state index contributed by atoms with van der Waals surface area (Å²) in [5.41, 5.74) is 4.53.